The first-order valence-electron chi connectivity index (χ1n) is 7.47. The fourth-order valence-corrected chi connectivity index (χ4v) is 3.02. The van der Waals surface area contributed by atoms with Crippen molar-refractivity contribution in [3.05, 3.63) is 35.4 Å². The number of halogens is 4. The number of hydrogen-bond acceptors (Lipinski definition) is 2. The lowest BCUT2D eigenvalue weighted by Crippen LogP contribution is -2.49. The van der Waals surface area contributed by atoms with Gasteiger partial charge in [0.05, 0.1) is 12.0 Å². The standard InChI is InChI=1S/C16H21F3N2O.ClH/c1-11-6-7-21(13(8-11)10-20)15(22)9-12-4-2-3-5-14(12)16(17,18)19;/h2-5,11,13H,6-10,20H2,1H3;1H. The zero-order valence-electron chi connectivity index (χ0n) is 13.0. The molecule has 23 heavy (non-hydrogen) atoms. The van der Waals surface area contributed by atoms with Crippen molar-refractivity contribution >= 4 is 18.3 Å². The van der Waals surface area contributed by atoms with Gasteiger partial charge in [-0.25, -0.2) is 0 Å². The minimum atomic E-state index is -4.44. The summed E-state index contributed by atoms with van der Waals surface area (Å²) < 4.78 is 39.0. The lowest BCUT2D eigenvalue weighted by atomic mass is 9.91. The minimum absolute atomic E-state index is 0. The van der Waals surface area contributed by atoms with Crippen molar-refractivity contribution in [1.82, 2.24) is 4.90 Å². The SMILES string of the molecule is CC1CCN(C(=O)Cc2ccccc2C(F)(F)F)C(CN)C1.Cl. The number of alkyl halides is 3. The number of carbonyl (C=O) groups is 1. The maximum Gasteiger partial charge on any atom is 0.416 e. The third-order valence-corrected chi connectivity index (χ3v) is 4.23. The summed E-state index contributed by atoms with van der Waals surface area (Å²) >= 11 is 0. The molecule has 1 aromatic rings. The molecule has 7 heteroatoms. The number of nitrogens with two attached hydrogens (primary N) is 1. The molecule has 1 saturated heterocycles. The van der Waals surface area contributed by atoms with E-state index in [-0.39, 0.29) is 36.3 Å². The van der Waals surface area contributed by atoms with E-state index in [1.54, 1.807) is 4.90 Å². The van der Waals surface area contributed by atoms with Gasteiger partial charge in [-0.15, -0.1) is 12.4 Å². The zero-order valence-corrected chi connectivity index (χ0v) is 13.8. The van der Waals surface area contributed by atoms with Crippen LogP contribution in [0.2, 0.25) is 0 Å². The molecule has 0 saturated carbocycles. The smallest absolute Gasteiger partial charge is 0.338 e. The summed E-state index contributed by atoms with van der Waals surface area (Å²) in [5.74, 6) is 0.208. The van der Waals surface area contributed by atoms with Crippen LogP contribution in [0.3, 0.4) is 0 Å². The van der Waals surface area contributed by atoms with E-state index in [0.29, 0.717) is 19.0 Å². The van der Waals surface area contributed by atoms with E-state index in [4.69, 9.17) is 5.73 Å². The van der Waals surface area contributed by atoms with Crippen molar-refractivity contribution in [3.8, 4) is 0 Å². The lowest BCUT2D eigenvalue weighted by molar-refractivity contribution is -0.139. The van der Waals surface area contributed by atoms with E-state index >= 15 is 0 Å². The topological polar surface area (TPSA) is 46.3 Å². The van der Waals surface area contributed by atoms with Crippen LogP contribution in [0, 0.1) is 5.92 Å². The van der Waals surface area contributed by atoms with Crippen LogP contribution in [-0.4, -0.2) is 29.9 Å². The summed E-state index contributed by atoms with van der Waals surface area (Å²) in [4.78, 5) is 14.1. The Morgan fingerprint density at radius 1 is 1.35 bits per heavy atom. The van der Waals surface area contributed by atoms with E-state index in [1.807, 2.05) is 0 Å². The molecule has 0 aromatic heterocycles. The summed E-state index contributed by atoms with van der Waals surface area (Å²) in [6.07, 6.45) is -3.01. The average Bonchev–Trinajstić information content (AvgIpc) is 2.46. The summed E-state index contributed by atoms with van der Waals surface area (Å²) in [6.45, 7) is 3.01. The second-order valence-electron chi connectivity index (χ2n) is 5.94. The van der Waals surface area contributed by atoms with Crippen LogP contribution in [0.25, 0.3) is 0 Å². The van der Waals surface area contributed by atoms with Crippen LogP contribution in [0.1, 0.15) is 30.9 Å². The molecule has 2 N–H and O–H groups in total. The third-order valence-electron chi connectivity index (χ3n) is 4.23. The summed E-state index contributed by atoms with van der Waals surface area (Å²) in [6, 6.07) is 5.17. The number of nitrogens with zero attached hydrogens (tertiary/aromatic N) is 1. The Morgan fingerprint density at radius 2 is 2.00 bits per heavy atom. The Labute approximate surface area is 140 Å². The van der Waals surface area contributed by atoms with E-state index in [9.17, 15) is 18.0 Å². The molecule has 1 heterocycles. The molecule has 0 aliphatic carbocycles. The zero-order chi connectivity index (χ0) is 16.3. The Balaban J connectivity index is 0.00000264. The fourth-order valence-electron chi connectivity index (χ4n) is 3.02. The van der Waals surface area contributed by atoms with Gasteiger partial charge in [0.15, 0.2) is 0 Å². The number of piperidine rings is 1. The van der Waals surface area contributed by atoms with E-state index in [0.717, 1.165) is 18.9 Å². The van der Waals surface area contributed by atoms with Crippen LogP contribution in [0.15, 0.2) is 24.3 Å². The number of likely N-dealkylation sites (tertiary alicyclic amines) is 1. The van der Waals surface area contributed by atoms with Crippen LogP contribution < -0.4 is 5.73 Å². The molecule has 130 valence electrons. The van der Waals surface area contributed by atoms with Crippen LogP contribution >= 0.6 is 12.4 Å². The molecule has 2 unspecified atom stereocenters. The molecular weight excluding hydrogens is 329 g/mol. The Bertz CT molecular complexity index is 536. The second kappa shape index (κ2) is 8.02. The minimum Gasteiger partial charge on any atom is -0.338 e. The van der Waals surface area contributed by atoms with Gasteiger partial charge in [-0.1, -0.05) is 25.1 Å². The second-order valence-corrected chi connectivity index (χ2v) is 5.94. The van der Waals surface area contributed by atoms with Gasteiger partial charge in [0.25, 0.3) is 0 Å². The monoisotopic (exact) mass is 350 g/mol. The van der Waals surface area contributed by atoms with E-state index < -0.39 is 11.7 Å². The largest absolute Gasteiger partial charge is 0.416 e. The number of carbonyl (C=O) groups excluding carboxylic acids is 1. The predicted molar refractivity (Wildman–Crippen MR) is 85.3 cm³/mol. The predicted octanol–water partition coefficient (Wildman–Crippen LogP) is 3.26. The van der Waals surface area contributed by atoms with Crippen LogP contribution in [-0.2, 0) is 17.4 Å². The van der Waals surface area contributed by atoms with Crippen LogP contribution in [0.5, 0.6) is 0 Å². The van der Waals surface area contributed by atoms with Gasteiger partial charge in [0.1, 0.15) is 0 Å². The maximum atomic E-state index is 13.0. The molecule has 1 aliphatic heterocycles. The van der Waals surface area contributed by atoms with Crippen LogP contribution in [0.4, 0.5) is 13.2 Å². The molecule has 2 rings (SSSR count). The van der Waals surface area contributed by atoms with Gasteiger partial charge in [-0.3, -0.25) is 4.79 Å². The molecule has 2 atom stereocenters. The maximum absolute atomic E-state index is 13.0. The van der Waals surface area contributed by atoms with E-state index in [2.05, 4.69) is 6.92 Å². The van der Waals surface area contributed by atoms with Crippen molar-refractivity contribution in [3.63, 3.8) is 0 Å². The fraction of sp³-hybridized carbons (Fsp3) is 0.562. The third kappa shape index (κ3) is 4.85. The van der Waals surface area contributed by atoms with E-state index in [1.165, 1.54) is 18.2 Å². The molecule has 1 fully saturated rings. The first-order valence-corrected chi connectivity index (χ1v) is 7.47. The Hall–Kier alpha value is -1.27. The molecule has 0 radical (unpaired) electrons. The highest BCUT2D eigenvalue weighted by Crippen LogP contribution is 2.32. The number of hydrogen-bond donors (Lipinski definition) is 1. The molecule has 0 spiro atoms. The molecule has 3 nitrogen and oxygen atoms in total. The van der Waals surface area contributed by atoms with Gasteiger partial charge in [-0.2, -0.15) is 13.2 Å². The Kier molecular flexibility index (Phi) is 6.89. The van der Waals surface area contributed by atoms with Gasteiger partial charge in [0, 0.05) is 19.1 Å². The van der Waals surface area contributed by atoms with Gasteiger partial charge >= 0.3 is 6.18 Å². The lowest BCUT2D eigenvalue weighted by Gasteiger charge is -2.38. The first kappa shape index (κ1) is 19.8. The van der Waals surface area contributed by atoms with Gasteiger partial charge < -0.3 is 10.6 Å². The van der Waals surface area contributed by atoms with Gasteiger partial charge in [0.2, 0.25) is 5.91 Å². The highest BCUT2D eigenvalue weighted by molar-refractivity contribution is 5.85. The summed E-state index contributed by atoms with van der Waals surface area (Å²) in [5.41, 5.74) is 5.00. The normalized spacial score (nSPS) is 21.7. The van der Waals surface area contributed by atoms with Crippen molar-refractivity contribution in [1.29, 1.82) is 0 Å². The number of amides is 1. The average molecular weight is 351 g/mol. The van der Waals surface area contributed by atoms with Crippen molar-refractivity contribution in [2.45, 2.75) is 38.4 Å². The molecule has 1 amide bonds. The van der Waals surface area contributed by atoms with Crippen molar-refractivity contribution < 1.29 is 18.0 Å². The number of benzene rings is 1. The highest BCUT2D eigenvalue weighted by Gasteiger charge is 2.35. The molecule has 1 aliphatic rings. The summed E-state index contributed by atoms with van der Waals surface area (Å²) in [7, 11) is 0. The Morgan fingerprint density at radius 3 is 2.61 bits per heavy atom. The van der Waals surface area contributed by atoms with Crippen molar-refractivity contribution in [2.75, 3.05) is 13.1 Å². The quantitative estimate of drug-likeness (QED) is 0.909. The summed E-state index contributed by atoms with van der Waals surface area (Å²) in [5, 5.41) is 0. The van der Waals surface area contributed by atoms with Gasteiger partial charge in [-0.05, 0) is 30.4 Å². The number of rotatable bonds is 3. The molecular formula is C16H22ClF3N2O. The highest BCUT2D eigenvalue weighted by atomic mass is 35.5. The first-order chi connectivity index (χ1) is 10.3. The molecule has 0 bridgehead atoms. The molecule has 1 aromatic carbocycles. The van der Waals surface area contributed by atoms with Crippen molar-refractivity contribution in [2.24, 2.45) is 11.7 Å².